The van der Waals surface area contributed by atoms with Crippen molar-refractivity contribution in [1.29, 1.82) is 0 Å². The molecule has 0 radical (unpaired) electrons. The highest BCUT2D eigenvalue weighted by Crippen LogP contribution is 2.13. The SMILES string of the molecule is Cl.NCc1ccc(-c2noc(=O)[nH]2)cc1. The number of hydrogen-bond donors (Lipinski definition) is 2. The monoisotopic (exact) mass is 227 g/mol. The lowest BCUT2D eigenvalue weighted by molar-refractivity contribution is 0.388. The maximum atomic E-state index is 10.7. The molecule has 1 aromatic carbocycles. The van der Waals surface area contributed by atoms with Gasteiger partial charge in [0.25, 0.3) is 0 Å². The second kappa shape index (κ2) is 4.77. The zero-order valence-electron chi connectivity index (χ0n) is 7.77. The van der Waals surface area contributed by atoms with Crippen LogP contribution in [0.15, 0.2) is 33.6 Å². The molecule has 80 valence electrons. The summed E-state index contributed by atoms with van der Waals surface area (Å²) in [6.07, 6.45) is 0. The number of aromatic nitrogens is 2. The average molecular weight is 228 g/mol. The minimum atomic E-state index is -0.553. The van der Waals surface area contributed by atoms with Crippen LogP contribution in [0.4, 0.5) is 0 Å². The maximum Gasteiger partial charge on any atom is 0.439 e. The van der Waals surface area contributed by atoms with Crippen molar-refractivity contribution >= 4 is 12.4 Å². The Kier molecular flexibility index (Phi) is 3.65. The number of aromatic amines is 1. The Bertz CT molecular complexity index is 475. The first-order valence-electron chi connectivity index (χ1n) is 4.15. The molecule has 0 aliphatic heterocycles. The van der Waals surface area contributed by atoms with E-state index in [1.54, 1.807) is 0 Å². The van der Waals surface area contributed by atoms with Gasteiger partial charge in [-0.1, -0.05) is 29.4 Å². The molecule has 0 spiro atoms. The van der Waals surface area contributed by atoms with Gasteiger partial charge < -0.3 is 5.73 Å². The summed E-state index contributed by atoms with van der Waals surface area (Å²) in [5.74, 6) is -0.124. The van der Waals surface area contributed by atoms with Gasteiger partial charge in [-0.25, -0.2) is 4.79 Å². The smallest absolute Gasteiger partial charge is 0.326 e. The molecule has 0 fully saturated rings. The molecule has 1 heterocycles. The molecule has 5 nitrogen and oxygen atoms in total. The average Bonchev–Trinajstić information content (AvgIpc) is 2.65. The van der Waals surface area contributed by atoms with Gasteiger partial charge in [-0.2, -0.15) is 0 Å². The molecule has 3 N–H and O–H groups in total. The number of benzene rings is 1. The Morgan fingerprint density at radius 1 is 1.33 bits per heavy atom. The van der Waals surface area contributed by atoms with E-state index in [4.69, 9.17) is 5.73 Å². The van der Waals surface area contributed by atoms with Crippen molar-refractivity contribution in [3.63, 3.8) is 0 Å². The molecule has 0 aliphatic rings. The summed E-state index contributed by atoms with van der Waals surface area (Å²) in [6, 6.07) is 7.41. The fraction of sp³-hybridized carbons (Fsp3) is 0.111. The van der Waals surface area contributed by atoms with E-state index in [1.807, 2.05) is 24.3 Å². The van der Waals surface area contributed by atoms with Gasteiger partial charge in [0.05, 0.1) is 0 Å². The van der Waals surface area contributed by atoms with Crippen LogP contribution >= 0.6 is 12.4 Å². The summed E-state index contributed by atoms with van der Waals surface area (Å²) in [7, 11) is 0. The molecule has 1 aromatic heterocycles. The topological polar surface area (TPSA) is 84.9 Å². The third-order valence-electron chi connectivity index (χ3n) is 1.90. The Hall–Kier alpha value is -1.59. The van der Waals surface area contributed by atoms with E-state index in [9.17, 15) is 4.79 Å². The Balaban J connectivity index is 0.00000112. The van der Waals surface area contributed by atoms with Crippen molar-refractivity contribution in [2.24, 2.45) is 5.73 Å². The molecule has 6 heteroatoms. The van der Waals surface area contributed by atoms with Gasteiger partial charge in [0, 0.05) is 12.1 Å². The first-order chi connectivity index (χ1) is 6.79. The Labute approximate surface area is 91.7 Å². The van der Waals surface area contributed by atoms with Crippen LogP contribution in [0.5, 0.6) is 0 Å². The zero-order chi connectivity index (χ0) is 9.97. The van der Waals surface area contributed by atoms with E-state index >= 15 is 0 Å². The van der Waals surface area contributed by atoms with E-state index in [2.05, 4.69) is 14.7 Å². The molecule has 15 heavy (non-hydrogen) atoms. The van der Waals surface area contributed by atoms with E-state index in [0.29, 0.717) is 12.4 Å². The number of rotatable bonds is 2. The fourth-order valence-corrected chi connectivity index (χ4v) is 1.15. The van der Waals surface area contributed by atoms with Crippen LogP contribution in [-0.2, 0) is 6.54 Å². The van der Waals surface area contributed by atoms with Crippen LogP contribution in [0, 0.1) is 0 Å². The molecule has 2 rings (SSSR count). The normalized spacial score (nSPS) is 9.67. The van der Waals surface area contributed by atoms with Crippen molar-refractivity contribution in [2.45, 2.75) is 6.54 Å². The van der Waals surface area contributed by atoms with E-state index in [1.165, 1.54) is 0 Å². The van der Waals surface area contributed by atoms with Gasteiger partial charge in [-0.05, 0) is 5.56 Å². The predicted molar refractivity (Wildman–Crippen MR) is 57.7 cm³/mol. The number of hydrogen-bond acceptors (Lipinski definition) is 4. The third kappa shape index (κ3) is 2.45. The molecule has 2 aromatic rings. The summed E-state index contributed by atoms with van der Waals surface area (Å²) >= 11 is 0. The largest absolute Gasteiger partial charge is 0.439 e. The second-order valence-corrected chi connectivity index (χ2v) is 2.84. The standard InChI is InChI=1S/C9H9N3O2.ClH/c10-5-6-1-3-7(4-2-6)8-11-9(13)14-12-8;/h1-4H,5,10H2,(H,11,12,13);1H. The van der Waals surface area contributed by atoms with E-state index < -0.39 is 5.76 Å². The number of nitrogens with one attached hydrogen (secondary N) is 1. The lowest BCUT2D eigenvalue weighted by Crippen LogP contribution is -1.96. The Morgan fingerprint density at radius 2 is 2.00 bits per heavy atom. The number of H-pyrrole nitrogens is 1. The summed E-state index contributed by atoms with van der Waals surface area (Å²) in [6.45, 7) is 0.496. The molecule has 0 amide bonds. The van der Waals surface area contributed by atoms with Crippen LogP contribution in [0.2, 0.25) is 0 Å². The van der Waals surface area contributed by atoms with Crippen LogP contribution in [0.3, 0.4) is 0 Å². The van der Waals surface area contributed by atoms with Crippen molar-refractivity contribution < 1.29 is 4.52 Å². The first kappa shape index (κ1) is 11.5. The highest BCUT2D eigenvalue weighted by Gasteiger charge is 2.02. The molecule has 0 bridgehead atoms. The summed E-state index contributed by atoms with van der Waals surface area (Å²) in [5.41, 5.74) is 7.28. The molecule has 0 aliphatic carbocycles. The highest BCUT2D eigenvalue weighted by molar-refractivity contribution is 5.85. The molecule has 0 saturated carbocycles. The first-order valence-corrected chi connectivity index (χ1v) is 4.15. The van der Waals surface area contributed by atoms with Crippen LogP contribution in [0.1, 0.15) is 5.56 Å². The van der Waals surface area contributed by atoms with Crippen molar-refractivity contribution in [3.05, 3.63) is 40.4 Å². The van der Waals surface area contributed by atoms with Crippen molar-refractivity contribution in [2.75, 3.05) is 0 Å². The summed E-state index contributed by atoms with van der Waals surface area (Å²) in [4.78, 5) is 13.1. The summed E-state index contributed by atoms with van der Waals surface area (Å²) < 4.78 is 4.39. The number of halogens is 1. The quantitative estimate of drug-likeness (QED) is 0.799. The minimum absolute atomic E-state index is 0. The van der Waals surface area contributed by atoms with E-state index in [-0.39, 0.29) is 12.4 Å². The summed E-state index contributed by atoms with van der Waals surface area (Å²) in [5, 5.41) is 3.57. The second-order valence-electron chi connectivity index (χ2n) is 2.84. The van der Waals surface area contributed by atoms with Gasteiger partial charge in [0.15, 0.2) is 5.82 Å². The van der Waals surface area contributed by atoms with Crippen molar-refractivity contribution in [1.82, 2.24) is 10.1 Å². The predicted octanol–water partition coefficient (Wildman–Crippen LogP) is 0.910. The molecule has 0 unspecified atom stereocenters. The fourth-order valence-electron chi connectivity index (χ4n) is 1.15. The number of nitrogens with zero attached hydrogens (tertiary/aromatic N) is 1. The van der Waals surface area contributed by atoms with E-state index in [0.717, 1.165) is 11.1 Å². The van der Waals surface area contributed by atoms with Gasteiger partial charge in [-0.15, -0.1) is 12.4 Å². The molecule has 0 atom stereocenters. The van der Waals surface area contributed by atoms with Gasteiger partial charge in [-0.3, -0.25) is 9.51 Å². The molecular formula is C9H10ClN3O2. The lowest BCUT2D eigenvalue weighted by atomic mass is 10.1. The number of nitrogens with two attached hydrogens (primary N) is 1. The van der Waals surface area contributed by atoms with Gasteiger partial charge in [0.2, 0.25) is 0 Å². The molecule has 0 saturated heterocycles. The third-order valence-corrected chi connectivity index (χ3v) is 1.90. The van der Waals surface area contributed by atoms with Crippen LogP contribution in [-0.4, -0.2) is 10.1 Å². The Morgan fingerprint density at radius 3 is 2.47 bits per heavy atom. The minimum Gasteiger partial charge on any atom is -0.326 e. The van der Waals surface area contributed by atoms with Gasteiger partial charge in [0.1, 0.15) is 0 Å². The zero-order valence-corrected chi connectivity index (χ0v) is 8.58. The van der Waals surface area contributed by atoms with Crippen molar-refractivity contribution in [3.8, 4) is 11.4 Å². The van der Waals surface area contributed by atoms with Crippen LogP contribution in [0.25, 0.3) is 11.4 Å². The maximum absolute atomic E-state index is 10.7. The molecular weight excluding hydrogens is 218 g/mol. The van der Waals surface area contributed by atoms with Crippen LogP contribution < -0.4 is 11.5 Å². The lowest BCUT2D eigenvalue weighted by Gasteiger charge is -1.97. The van der Waals surface area contributed by atoms with Gasteiger partial charge >= 0.3 is 5.76 Å². The highest BCUT2D eigenvalue weighted by atomic mass is 35.5.